The predicted molar refractivity (Wildman–Crippen MR) is 99.1 cm³/mol. The van der Waals surface area contributed by atoms with Gasteiger partial charge in [0.15, 0.2) is 5.78 Å². The molecule has 6 atom stereocenters. The quantitative estimate of drug-likeness (QED) is 0.582. The number of aliphatic hydroxyl groups is 1. The van der Waals surface area contributed by atoms with Gasteiger partial charge in [0.2, 0.25) is 6.61 Å². The van der Waals surface area contributed by atoms with E-state index in [9.17, 15) is 14.7 Å². The van der Waals surface area contributed by atoms with E-state index in [1.807, 2.05) is 0 Å². The Hall–Kier alpha value is -1.69. The summed E-state index contributed by atoms with van der Waals surface area (Å²) in [7, 11) is 0. The summed E-state index contributed by atoms with van der Waals surface area (Å²) < 4.78 is 0. The summed E-state index contributed by atoms with van der Waals surface area (Å²) in [6, 6.07) is 0. The molecule has 0 bridgehead atoms. The monoisotopic (exact) mass is 375 g/mol. The fourth-order valence-electron chi connectivity index (χ4n) is 6.71. The Labute approximate surface area is 159 Å². The summed E-state index contributed by atoms with van der Waals surface area (Å²) >= 11 is 0. The third-order valence-electron chi connectivity index (χ3n) is 8.06. The minimum Gasteiger partial charge on any atom is -0.479 e. The summed E-state index contributed by atoms with van der Waals surface area (Å²) in [6.45, 7) is 1.80. The van der Waals surface area contributed by atoms with Crippen molar-refractivity contribution in [2.45, 2.75) is 64.4 Å². The molecule has 4 aliphatic carbocycles. The van der Waals surface area contributed by atoms with Gasteiger partial charge in [0.05, 0.1) is 12.3 Å². The van der Waals surface area contributed by atoms with Gasteiger partial charge in [-0.15, -0.1) is 0 Å². The van der Waals surface area contributed by atoms with Crippen LogP contribution < -0.4 is 0 Å². The van der Waals surface area contributed by atoms with Gasteiger partial charge in [-0.1, -0.05) is 17.7 Å². The highest BCUT2D eigenvalue weighted by Crippen LogP contribution is 2.64. The van der Waals surface area contributed by atoms with Crippen LogP contribution in [0.3, 0.4) is 0 Å². The fourth-order valence-corrected chi connectivity index (χ4v) is 6.71. The molecule has 0 heterocycles. The lowest BCUT2D eigenvalue weighted by atomic mass is 9.47. The van der Waals surface area contributed by atoms with Gasteiger partial charge in [-0.05, 0) is 74.2 Å². The maximum absolute atomic E-state index is 12.1. The zero-order valence-electron chi connectivity index (χ0n) is 15.9. The highest BCUT2D eigenvalue weighted by molar-refractivity contribution is 5.94. The van der Waals surface area contributed by atoms with Gasteiger partial charge in [0.25, 0.3) is 0 Å². The Kier molecular flexibility index (Phi) is 4.65. The highest BCUT2D eigenvalue weighted by Gasteiger charge is 2.59. The van der Waals surface area contributed by atoms with Crippen LogP contribution in [0.4, 0.5) is 0 Å². The SMILES string of the molecule is C[C@]12CCC3C(CCC4=CC(=O)CC[C@@]43/C=N/OCC(=O)O)C1CC[C@@H]2O. The second-order valence-electron chi connectivity index (χ2n) is 9.13. The number of carboxylic acids is 1. The van der Waals surface area contributed by atoms with Crippen LogP contribution in [0.1, 0.15) is 58.3 Å². The smallest absolute Gasteiger partial charge is 0.344 e. The van der Waals surface area contributed by atoms with Crippen molar-refractivity contribution in [3.63, 3.8) is 0 Å². The number of carbonyl (C=O) groups is 2. The molecule has 3 unspecified atom stereocenters. The van der Waals surface area contributed by atoms with E-state index in [1.165, 1.54) is 0 Å². The van der Waals surface area contributed by atoms with Gasteiger partial charge in [-0.25, -0.2) is 4.79 Å². The first-order valence-corrected chi connectivity index (χ1v) is 10.2. The molecule has 0 aromatic rings. The van der Waals surface area contributed by atoms with Crippen molar-refractivity contribution in [1.82, 2.24) is 0 Å². The summed E-state index contributed by atoms with van der Waals surface area (Å²) in [5.41, 5.74) is 0.847. The van der Waals surface area contributed by atoms with E-state index < -0.39 is 12.6 Å². The topological polar surface area (TPSA) is 96.2 Å². The maximum Gasteiger partial charge on any atom is 0.344 e. The molecule has 3 saturated carbocycles. The number of aliphatic hydroxyl groups excluding tert-OH is 1. The van der Waals surface area contributed by atoms with Gasteiger partial charge in [-0.2, -0.15) is 0 Å². The zero-order valence-corrected chi connectivity index (χ0v) is 15.9. The third kappa shape index (κ3) is 2.93. The van der Waals surface area contributed by atoms with Gasteiger partial charge in [0.1, 0.15) is 0 Å². The Balaban J connectivity index is 1.66. The summed E-state index contributed by atoms with van der Waals surface area (Å²) in [6.07, 6.45) is 10.5. The summed E-state index contributed by atoms with van der Waals surface area (Å²) in [5, 5.41) is 23.4. The molecule has 27 heavy (non-hydrogen) atoms. The number of oxime groups is 1. The first-order valence-electron chi connectivity index (χ1n) is 10.2. The van der Waals surface area contributed by atoms with Gasteiger partial charge in [0, 0.05) is 11.8 Å². The van der Waals surface area contributed by atoms with Crippen molar-refractivity contribution in [1.29, 1.82) is 0 Å². The first-order chi connectivity index (χ1) is 12.9. The van der Waals surface area contributed by atoms with E-state index in [1.54, 1.807) is 12.3 Å². The molecule has 0 aromatic heterocycles. The summed E-state index contributed by atoms with van der Waals surface area (Å²) in [4.78, 5) is 27.8. The fraction of sp³-hybridized carbons (Fsp3) is 0.762. The van der Waals surface area contributed by atoms with Crippen LogP contribution >= 0.6 is 0 Å². The largest absolute Gasteiger partial charge is 0.479 e. The van der Waals surface area contributed by atoms with Crippen molar-refractivity contribution in [3.05, 3.63) is 11.6 Å². The van der Waals surface area contributed by atoms with Crippen LogP contribution in [0.15, 0.2) is 16.8 Å². The molecule has 0 saturated heterocycles. The maximum atomic E-state index is 12.1. The minimum absolute atomic E-state index is 0.00497. The molecular formula is C21H29NO5. The van der Waals surface area contributed by atoms with Crippen LogP contribution in [0.25, 0.3) is 0 Å². The zero-order chi connectivity index (χ0) is 19.2. The van der Waals surface area contributed by atoms with Gasteiger partial charge < -0.3 is 15.1 Å². The lowest BCUT2D eigenvalue weighted by Crippen LogP contribution is -2.52. The molecule has 6 heteroatoms. The minimum atomic E-state index is -1.05. The lowest BCUT2D eigenvalue weighted by Gasteiger charge is -2.57. The second-order valence-corrected chi connectivity index (χ2v) is 9.13. The standard InChI is InChI=1S/C21H29NO5/c1-20-8-7-17-15(16(20)4-5-18(20)24)3-2-13-10-14(23)6-9-21(13,17)12-22-27-11-19(25)26/h10,12,15-18,24H,2-9,11H2,1H3,(H,25,26)/b22-12+/t15?,16?,17?,18-,20-,21+/m0/s1. The molecule has 4 rings (SSSR count). The number of carboxylic acid groups (broad SMARTS) is 1. The Morgan fingerprint density at radius 1 is 1.26 bits per heavy atom. The molecule has 0 aromatic carbocycles. The lowest BCUT2D eigenvalue weighted by molar-refractivity contribution is -0.142. The number of allylic oxidation sites excluding steroid dienone is 1. The van der Waals surface area contributed by atoms with Crippen LogP contribution in [0, 0.1) is 28.6 Å². The van der Waals surface area contributed by atoms with Crippen molar-refractivity contribution in [2.24, 2.45) is 33.7 Å². The molecule has 4 aliphatic rings. The molecule has 0 spiro atoms. The molecule has 2 N–H and O–H groups in total. The Bertz CT molecular complexity index is 701. The number of hydrogen-bond donors (Lipinski definition) is 2. The number of fused-ring (bicyclic) bond motifs is 5. The number of rotatable bonds is 4. The first kappa shape index (κ1) is 18.7. The summed E-state index contributed by atoms with van der Waals surface area (Å²) in [5.74, 6) is 0.531. The van der Waals surface area contributed by atoms with E-state index in [4.69, 9.17) is 9.94 Å². The molecule has 148 valence electrons. The van der Waals surface area contributed by atoms with Crippen molar-refractivity contribution >= 4 is 18.0 Å². The normalized spacial score (nSPS) is 43.6. The van der Waals surface area contributed by atoms with E-state index in [0.717, 1.165) is 50.5 Å². The second kappa shape index (κ2) is 6.73. The Morgan fingerprint density at radius 2 is 2.07 bits per heavy atom. The molecule has 0 radical (unpaired) electrons. The van der Waals surface area contributed by atoms with Crippen molar-refractivity contribution in [2.75, 3.05) is 6.61 Å². The number of aliphatic carboxylic acids is 1. The number of hydrogen-bond acceptors (Lipinski definition) is 5. The van der Waals surface area contributed by atoms with Crippen LogP contribution in [-0.2, 0) is 14.4 Å². The van der Waals surface area contributed by atoms with Gasteiger partial charge in [-0.3, -0.25) is 4.79 Å². The molecule has 0 aliphatic heterocycles. The highest BCUT2D eigenvalue weighted by atomic mass is 16.6. The van der Waals surface area contributed by atoms with E-state index in [-0.39, 0.29) is 22.7 Å². The number of nitrogens with zero attached hydrogens (tertiary/aromatic N) is 1. The third-order valence-corrected chi connectivity index (χ3v) is 8.06. The van der Waals surface area contributed by atoms with E-state index in [0.29, 0.717) is 24.2 Å². The van der Waals surface area contributed by atoms with Crippen LogP contribution in [-0.4, -0.2) is 40.9 Å². The Morgan fingerprint density at radius 3 is 2.85 bits per heavy atom. The average Bonchev–Trinajstić information content (AvgIpc) is 2.94. The van der Waals surface area contributed by atoms with E-state index in [2.05, 4.69) is 12.1 Å². The average molecular weight is 375 g/mol. The van der Waals surface area contributed by atoms with Crippen molar-refractivity contribution < 1.29 is 24.6 Å². The van der Waals surface area contributed by atoms with Crippen LogP contribution in [0.5, 0.6) is 0 Å². The van der Waals surface area contributed by atoms with E-state index >= 15 is 0 Å². The van der Waals surface area contributed by atoms with Crippen LogP contribution in [0.2, 0.25) is 0 Å². The van der Waals surface area contributed by atoms with Crippen molar-refractivity contribution in [3.8, 4) is 0 Å². The van der Waals surface area contributed by atoms with Gasteiger partial charge >= 0.3 is 5.97 Å². The number of ketones is 1. The predicted octanol–water partition coefficient (Wildman–Crippen LogP) is 2.95. The molecule has 3 fully saturated rings. The number of carbonyl (C=O) groups excluding carboxylic acids is 1. The molecule has 0 amide bonds. The molecule has 6 nitrogen and oxygen atoms in total. The molecular weight excluding hydrogens is 346 g/mol.